The predicted molar refractivity (Wildman–Crippen MR) is 132 cm³/mol. The highest BCUT2D eigenvalue weighted by Gasteiger charge is 2.21. The fourth-order valence-corrected chi connectivity index (χ4v) is 4.36. The van der Waals surface area contributed by atoms with Crippen LogP contribution in [0.1, 0.15) is 12.8 Å². The number of aryl methyl sites for hydroxylation is 1. The molecule has 5 rings (SSSR count). The molecule has 34 heavy (non-hydrogen) atoms. The van der Waals surface area contributed by atoms with Crippen LogP contribution in [0, 0.1) is 5.92 Å². The first-order chi connectivity index (χ1) is 16.6. The van der Waals surface area contributed by atoms with Crippen LogP contribution in [-0.2, 0) is 11.8 Å². The van der Waals surface area contributed by atoms with Gasteiger partial charge in [0.25, 0.3) is 0 Å². The Labute approximate surface area is 199 Å². The van der Waals surface area contributed by atoms with E-state index in [2.05, 4.69) is 27.1 Å². The standard InChI is InChI=1S/C26H29N5O3/c1-30-17-19(14-28-30)26-15-27-24-5-4-20(12-25(24)29-26)31(16-18-6-8-34-9-7-18)21-10-22(32-2)13-23(11-21)33-3/h4-5,10-15,17-18H,6-9,16H2,1-3H3. The van der Waals surface area contributed by atoms with Crippen LogP contribution in [-0.4, -0.2) is 53.7 Å². The van der Waals surface area contributed by atoms with Gasteiger partial charge in [-0.1, -0.05) is 0 Å². The van der Waals surface area contributed by atoms with Gasteiger partial charge in [-0.25, -0.2) is 4.98 Å². The molecular weight excluding hydrogens is 430 g/mol. The second-order valence-electron chi connectivity index (χ2n) is 8.57. The van der Waals surface area contributed by atoms with Crippen molar-refractivity contribution in [3.05, 3.63) is 55.0 Å². The zero-order chi connectivity index (χ0) is 23.5. The minimum atomic E-state index is 0.523. The third-order valence-electron chi connectivity index (χ3n) is 6.27. The van der Waals surface area contributed by atoms with E-state index < -0.39 is 0 Å². The van der Waals surface area contributed by atoms with Crippen LogP contribution in [0.2, 0.25) is 0 Å². The lowest BCUT2D eigenvalue weighted by Crippen LogP contribution is -2.29. The Morgan fingerprint density at radius 1 is 0.971 bits per heavy atom. The van der Waals surface area contributed by atoms with Gasteiger partial charge in [-0.15, -0.1) is 0 Å². The number of aromatic nitrogens is 4. The van der Waals surface area contributed by atoms with Gasteiger partial charge in [0.2, 0.25) is 0 Å². The lowest BCUT2D eigenvalue weighted by atomic mass is 9.99. The van der Waals surface area contributed by atoms with Crippen molar-refractivity contribution in [2.45, 2.75) is 12.8 Å². The van der Waals surface area contributed by atoms with Crippen LogP contribution in [0.15, 0.2) is 55.0 Å². The second-order valence-corrected chi connectivity index (χ2v) is 8.57. The summed E-state index contributed by atoms with van der Waals surface area (Å²) >= 11 is 0. The summed E-state index contributed by atoms with van der Waals surface area (Å²) in [7, 11) is 5.24. The number of rotatable bonds is 7. The van der Waals surface area contributed by atoms with Gasteiger partial charge in [0, 0.05) is 68.1 Å². The van der Waals surface area contributed by atoms with E-state index in [0.29, 0.717) is 5.92 Å². The number of methoxy groups -OCH3 is 2. The lowest BCUT2D eigenvalue weighted by Gasteiger charge is -2.32. The van der Waals surface area contributed by atoms with Gasteiger partial charge in [-0.2, -0.15) is 5.10 Å². The molecule has 1 saturated heterocycles. The molecule has 8 nitrogen and oxygen atoms in total. The number of anilines is 2. The molecule has 4 aromatic rings. The van der Waals surface area contributed by atoms with Gasteiger partial charge >= 0.3 is 0 Å². The number of hydrogen-bond acceptors (Lipinski definition) is 7. The second kappa shape index (κ2) is 9.69. The number of hydrogen-bond donors (Lipinski definition) is 0. The van der Waals surface area contributed by atoms with Crippen molar-refractivity contribution < 1.29 is 14.2 Å². The molecule has 0 spiro atoms. The summed E-state index contributed by atoms with van der Waals surface area (Å²) in [6.45, 7) is 2.47. The quantitative estimate of drug-likeness (QED) is 0.399. The molecule has 0 N–H and O–H groups in total. The van der Waals surface area contributed by atoms with Crippen LogP contribution in [0.5, 0.6) is 11.5 Å². The average molecular weight is 460 g/mol. The van der Waals surface area contributed by atoms with Gasteiger partial charge in [-0.3, -0.25) is 9.67 Å². The molecule has 0 radical (unpaired) electrons. The van der Waals surface area contributed by atoms with Crippen molar-refractivity contribution in [2.75, 3.05) is 38.9 Å². The highest BCUT2D eigenvalue weighted by molar-refractivity contribution is 5.82. The fraction of sp³-hybridized carbons (Fsp3) is 0.346. The van der Waals surface area contributed by atoms with Gasteiger partial charge < -0.3 is 19.1 Å². The van der Waals surface area contributed by atoms with Crippen LogP contribution < -0.4 is 14.4 Å². The van der Waals surface area contributed by atoms with E-state index in [9.17, 15) is 0 Å². The summed E-state index contributed by atoms with van der Waals surface area (Å²) in [6, 6.07) is 12.2. The van der Waals surface area contributed by atoms with Crippen molar-refractivity contribution in [1.29, 1.82) is 0 Å². The fourth-order valence-electron chi connectivity index (χ4n) is 4.36. The Morgan fingerprint density at radius 3 is 2.41 bits per heavy atom. The summed E-state index contributed by atoms with van der Waals surface area (Å²) in [5, 5.41) is 4.26. The van der Waals surface area contributed by atoms with E-state index in [4.69, 9.17) is 19.2 Å². The molecule has 0 aliphatic carbocycles. The Morgan fingerprint density at radius 2 is 1.74 bits per heavy atom. The maximum absolute atomic E-state index is 5.60. The highest BCUT2D eigenvalue weighted by Crippen LogP contribution is 2.35. The van der Waals surface area contributed by atoms with Crippen LogP contribution in [0.3, 0.4) is 0 Å². The molecule has 8 heteroatoms. The third kappa shape index (κ3) is 4.68. The molecule has 1 aliphatic heterocycles. The Balaban J connectivity index is 1.57. The Bertz CT molecular complexity index is 1260. The Hall–Kier alpha value is -3.65. The zero-order valence-corrected chi connectivity index (χ0v) is 19.8. The highest BCUT2D eigenvalue weighted by atomic mass is 16.5. The van der Waals surface area contributed by atoms with Crippen molar-refractivity contribution in [3.63, 3.8) is 0 Å². The SMILES string of the molecule is COc1cc(OC)cc(N(CC2CCOCC2)c2ccc3ncc(-c4cnn(C)c4)nc3c2)c1. The number of ether oxygens (including phenoxy) is 3. The average Bonchev–Trinajstić information content (AvgIpc) is 3.33. The molecule has 2 aromatic heterocycles. The van der Waals surface area contributed by atoms with E-state index in [1.165, 1.54) is 0 Å². The molecule has 1 aliphatic rings. The molecule has 3 heterocycles. The first-order valence-electron chi connectivity index (χ1n) is 11.5. The molecular formula is C26H29N5O3. The normalized spacial score (nSPS) is 14.3. The molecule has 0 bridgehead atoms. The number of fused-ring (bicyclic) bond motifs is 1. The van der Waals surface area contributed by atoms with Gasteiger partial charge in [0.15, 0.2) is 0 Å². The first-order valence-corrected chi connectivity index (χ1v) is 11.5. The number of benzene rings is 2. The summed E-state index contributed by atoms with van der Waals surface area (Å²) < 4.78 is 18.5. The molecule has 2 aromatic carbocycles. The van der Waals surface area contributed by atoms with E-state index in [1.807, 2.05) is 37.5 Å². The largest absolute Gasteiger partial charge is 0.497 e. The predicted octanol–water partition coefficient (Wildman–Crippen LogP) is 4.61. The van der Waals surface area contributed by atoms with Crippen molar-refractivity contribution in [2.24, 2.45) is 13.0 Å². The van der Waals surface area contributed by atoms with Crippen LogP contribution >= 0.6 is 0 Å². The smallest absolute Gasteiger partial charge is 0.124 e. The minimum Gasteiger partial charge on any atom is -0.497 e. The van der Waals surface area contributed by atoms with E-state index >= 15 is 0 Å². The third-order valence-corrected chi connectivity index (χ3v) is 6.27. The van der Waals surface area contributed by atoms with Gasteiger partial charge in [0.05, 0.1) is 43.3 Å². The summed E-state index contributed by atoms with van der Waals surface area (Å²) in [5.74, 6) is 2.03. The van der Waals surface area contributed by atoms with Crippen molar-refractivity contribution in [3.8, 4) is 22.8 Å². The maximum Gasteiger partial charge on any atom is 0.124 e. The van der Waals surface area contributed by atoms with Gasteiger partial charge in [0.1, 0.15) is 11.5 Å². The van der Waals surface area contributed by atoms with Crippen LogP contribution in [0.25, 0.3) is 22.3 Å². The Kier molecular flexibility index (Phi) is 6.31. The van der Waals surface area contributed by atoms with E-state index in [0.717, 1.165) is 77.8 Å². The number of nitrogens with zero attached hydrogens (tertiary/aromatic N) is 5. The summed E-state index contributed by atoms with van der Waals surface area (Å²) in [5.41, 5.74) is 5.50. The van der Waals surface area contributed by atoms with Gasteiger partial charge in [-0.05, 0) is 37.0 Å². The topological polar surface area (TPSA) is 74.5 Å². The van der Waals surface area contributed by atoms with Crippen molar-refractivity contribution >= 4 is 22.4 Å². The summed E-state index contributed by atoms with van der Waals surface area (Å²) in [4.78, 5) is 11.9. The zero-order valence-electron chi connectivity index (χ0n) is 19.8. The molecule has 0 unspecified atom stereocenters. The molecule has 176 valence electrons. The lowest BCUT2D eigenvalue weighted by molar-refractivity contribution is 0.0688. The molecule has 0 amide bonds. The molecule has 0 saturated carbocycles. The van der Waals surface area contributed by atoms with E-state index in [1.54, 1.807) is 31.3 Å². The van der Waals surface area contributed by atoms with Crippen molar-refractivity contribution in [1.82, 2.24) is 19.7 Å². The minimum absolute atomic E-state index is 0.523. The first kappa shape index (κ1) is 22.2. The maximum atomic E-state index is 5.60. The van der Waals surface area contributed by atoms with E-state index in [-0.39, 0.29) is 0 Å². The molecule has 1 fully saturated rings. The monoisotopic (exact) mass is 459 g/mol. The molecule has 0 atom stereocenters. The summed E-state index contributed by atoms with van der Waals surface area (Å²) in [6.07, 6.45) is 7.62. The van der Waals surface area contributed by atoms with Crippen LogP contribution in [0.4, 0.5) is 11.4 Å².